The van der Waals surface area contributed by atoms with Gasteiger partial charge in [-0.05, 0) is 57.8 Å². The highest BCUT2D eigenvalue weighted by atomic mass is 32.2. The SMILES string of the molecule is CNCC1CCCN1CCCCSC. The lowest BCUT2D eigenvalue weighted by Gasteiger charge is -2.23. The number of thioether (sulfide) groups is 1. The molecule has 3 heteroatoms. The Kier molecular flexibility index (Phi) is 6.65. The van der Waals surface area contributed by atoms with Gasteiger partial charge in [0.15, 0.2) is 0 Å². The summed E-state index contributed by atoms with van der Waals surface area (Å²) in [7, 11) is 2.06. The zero-order valence-electron chi connectivity index (χ0n) is 9.59. The lowest BCUT2D eigenvalue weighted by atomic mass is 10.2. The number of likely N-dealkylation sites (tertiary alicyclic amines) is 1. The van der Waals surface area contributed by atoms with Gasteiger partial charge in [0, 0.05) is 12.6 Å². The first-order chi connectivity index (χ1) is 6.88. The molecule has 0 radical (unpaired) electrons. The molecule has 1 N–H and O–H groups in total. The summed E-state index contributed by atoms with van der Waals surface area (Å²) >= 11 is 1.96. The van der Waals surface area contributed by atoms with Crippen LogP contribution in [0.2, 0.25) is 0 Å². The maximum absolute atomic E-state index is 3.30. The fourth-order valence-corrected chi connectivity index (χ4v) is 2.71. The van der Waals surface area contributed by atoms with Crippen molar-refractivity contribution in [2.45, 2.75) is 31.7 Å². The standard InChI is InChI=1S/C11H24N2S/c1-12-10-11-6-5-8-13(11)7-3-4-9-14-2/h11-12H,3-10H2,1-2H3. The van der Waals surface area contributed by atoms with Gasteiger partial charge in [-0.1, -0.05) is 0 Å². The molecule has 0 spiro atoms. The molecule has 1 fully saturated rings. The van der Waals surface area contributed by atoms with Gasteiger partial charge in [0.05, 0.1) is 0 Å². The molecule has 1 aliphatic heterocycles. The minimum atomic E-state index is 0.814. The summed E-state index contributed by atoms with van der Waals surface area (Å²) in [6, 6.07) is 0.814. The molecule has 2 nitrogen and oxygen atoms in total. The third-order valence-electron chi connectivity index (χ3n) is 2.98. The third kappa shape index (κ3) is 4.20. The quantitative estimate of drug-likeness (QED) is 0.654. The molecule has 1 atom stereocenters. The molecule has 1 aliphatic rings. The number of unbranched alkanes of at least 4 members (excludes halogenated alkanes) is 1. The van der Waals surface area contributed by atoms with E-state index in [0.717, 1.165) is 6.04 Å². The number of hydrogen-bond donors (Lipinski definition) is 1. The van der Waals surface area contributed by atoms with Crippen LogP contribution in [0.25, 0.3) is 0 Å². The van der Waals surface area contributed by atoms with Crippen molar-refractivity contribution in [3.8, 4) is 0 Å². The van der Waals surface area contributed by atoms with Gasteiger partial charge >= 0.3 is 0 Å². The first-order valence-corrected chi connectivity index (χ1v) is 7.15. The smallest absolute Gasteiger partial charge is 0.0220 e. The summed E-state index contributed by atoms with van der Waals surface area (Å²) in [5, 5.41) is 3.30. The molecule has 0 amide bonds. The highest BCUT2D eigenvalue weighted by Crippen LogP contribution is 2.17. The maximum atomic E-state index is 3.30. The Morgan fingerprint density at radius 2 is 2.29 bits per heavy atom. The molecule has 84 valence electrons. The summed E-state index contributed by atoms with van der Waals surface area (Å²) in [6.45, 7) is 3.81. The Labute approximate surface area is 92.8 Å². The van der Waals surface area contributed by atoms with Gasteiger partial charge in [-0.3, -0.25) is 4.90 Å². The molecule has 0 aliphatic carbocycles. The Hall–Kier alpha value is 0.270. The van der Waals surface area contributed by atoms with Gasteiger partial charge in [-0.25, -0.2) is 0 Å². The number of hydrogen-bond acceptors (Lipinski definition) is 3. The van der Waals surface area contributed by atoms with Gasteiger partial charge in [-0.2, -0.15) is 11.8 Å². The highest BCUT2D eigenvalue weighted by molar-refractivity contribution is 7.98. The molecule has 0 bridgehead atoms. The zero-order chi connectivity index (χ0) is 10.2. The van der Waals surface area contributed by atoms with E-state index in [-0.39, 0.29) is 0 Å². The fraction of sp³-hybridized carbons (Fsp3) is 1.00. The van der Waals surface area contributed by atoms with Gasteiger partial charge in [0.2, 0.25) is 0 Å². The van der Waals surface area contributed by atoms with E-state index in [9.17, 15) is 0 Å². The highest BCUT2D eigenvalue weighted by Gasteiger charge is 2.22. The van der Waals surface area contributed by atoms with Crippen molar-refractivity contribution in [3.05, 3.63) is 0 Å². The minimum Gasteiger partial charge on any atom is -0.318 e. The average molecular weight is 216 g/mol. The van der Waals surface area contributed by atoms with Crippen molar-refractivity contribution in [1.82, 2.24) is 10.2 Å². The largest absolute Gasteiger partial charge is 0.318 e. The normalized spacial score (nSPS) is 23.1. The van der Waals surface area contributed by atoms with Crippen molar-refractivity contribution in [3.63, 3.8) is 0 Å². The topological polar surface area (TPSA) is 15.3 Å². The van der Waals surface area contributed by atoms with Gasteiger partial charge in [0.25, 0.3) is 0 Å². The second-order valence-electron chi connectivity index (χ2n) is 4.09. The van der Waals surface area contributed by atoms with E-state index < -0.39 is 0 Å². The zero-order valence-corrected chi connectivity index (χ0v) is 10.4. The Bertz CT molecular complexity index is 141. The fourth-order valence-electron chi connectivity index (χ4n) is 2.22. The van der Waals surface area contributed by atoms with E-state index >= 15 is 0 Å². The second kappa shape index (κ2) is 7.55. The van der Waals surface area contributed by atoms with Crippen LogP contribution in [0.3, 0.4) is 0 Å². The molecule has 0 aromatic carbocycles. The number of likely N-dealkylation sites (N-methyl/N-ethyl adjacent to an activating group) is 1. The minimum absolute atomic E-state index is 0.814. The number of rotatable bonds is 7. The second-order valence-corrected chi connectivity index (χ2v) is 5.08. The predicted molar refractivity (Wildman–Crippen MR) is 66.1 cm³/mol. The van der Waals surface area contributed by atoms with Crippen LogP contribution in [0.4, 0.5) is 0 Å². The third-order valence-corrected chi connectivity index (χ3v) is 3.68. The van der Waals surface area contributed by atoms with E-state index in [1.54, 1.807) is 0 Å². The maximum Gasteiger partial charge on any atom is 0.0220 e. The van der Waals surface area contributed by atoms with E-state index in [1.165, 1.54) is 51.1 Å². The molecule has 0 aromatic rings. The molecule has 0 saturated carbocycles. The van der Waals surface area contributed by atoms with Gasteiger partial charge in [-0.15, -0.1) is 0 Å². The van der Waals surface area contributed by atoms with E-state index in [2.05, 4.69) is 23.5 Å². The van der Waals surface area contributed by atoms with Crippen LogP contribution in [0.15, 0.2) is 0 Å². The van der Waals surface area contributed by atoms with Crippen molar-refractivity contribution in [1.29, 1.82) is 0 Å². The van der Waals surface area contributed by atoms with Crippen molar-refractivity contribution in [2.24, 2.45) is 0 Å². The van der Waals surface area contributed by atoms with Crippen molar-refractivity contribution >= 4 is 11.8 Å². The Morgan fingerprint density at radius 1 is 1.43 bits per heavy atom. The lowest BCUT2D eigenvalue weighted by molar-refractivity contribution is 0.247. The first kappa shape index (κ1) is 12.3. The summed E-state index contributed by atoms with van der Waals surface area (Å²) in [4.78, 5) is 2.66. The molecule has 1 saturated heterocycles. The Balaban J connectivity index is 2.09. The summed E-state index contributed by atoms with van der Waals surface area (Å²) < 4.78 is 0. The van der Waals surface area contributed by atoms with Crippen LogP contribution in [-0.4, -0.2) is 49.6 Å². The molecule has 1 unspecified atom stereocenters. The van der Waals surface area contributed by atoms with E-state index in [4.69, 9.17) is 0 Å². The molecular formula is C11H24N2S. The van der Waals surface area contributed by atoms with E-state index in [0.29, 0.717) is 0 Å². The van der Waals surface area contributed by atoms with E-state index in [1.807, 2.05) is 11.8 Å². The summed E-state index contributed by atoms with van der Waals surface area (Å²) in [6.07, 6.45) is 7.74. The first-order valence-electron chi connectivity index (χ1n) is 5.76. The van der Waals surface area contributed by atoms with Crippen LogP contribution in [-0.2, 0) is 0 Å². The monoisotopic (exact) mass is 216 g/mol. The molecule has 14 heavy (non-hydrogen) atoms. The van der Waals surface area contributed by atoms with Crippen LogP contribution >= 0.6 is 11.8 Å². The van der Waals surface area contributed by atoms with Gasteiger partial charge < -0.3 is 5.32 Å². The average Bonchev–Trinajstić information content (AvgIpc) is 2.61. The number of nitrogens with zero attached hydrogens (tertiary/aromatic N) is 1. The molecule has 1 rings (SSSR count). The number of nitrogens with one attached hydrogen (secondary N) is 1. The lowest BCUT2D eigenvalue weighted by Crippen LogP contribution is -2.37. The molecule has 1 heterocycles. The van der Waals surface area contributed by atoms with Crippen LogP contribution < -0.4 is 5.32 Å². The summed E-state index contributed by atoms with van der Waals surface area (Å²) in [5.41, 5.74) is 0. The molecular weight excluding hydrogens is 192 g/mol. The van der Waals surface area contributed by atoms with Crippen molar-refractivity contribution < 1.29 is 0 Å². The molecule has 0 aromatic heterocycles. The van der Waals surface area contributed by atoms with Crippen molar-refractivity contribution in [2.75, 3.05) is 38.7 Å². The van der Waals surface area contributed by atoms with Gasteiger partial charge in [0.1, 0.15) is 0 Å². The Morgan fingerprint density at radius 3 is 3.00 bits per heavy atom. The van der Waals surface area contributed by atoms with Crippen LogP contribution in [0.5, 0.6) is 0 Å². The summed E-state index contributed by atoms with van der Waals surface area (Å²) in [5.74, 6) is 1.32. The predicted octanol–water partition coefficient (Wildman–Crippen LogP) is 1.81. The van der Waals surface area contributed by atoms with Crippen LogP contribution in [0, 0.1) is 0 Å². The van der Waals surface area contributed by atoms with Crippen LogP contribution in [0.1, 0.15) is 25.7 Å².